The molecule has 0 aliphatic rings. The highest BCUT2D eigenvalue weighted by molar-refractivity contribution is 6.48. The summed E-state index contributed by atoms with van der Waals surface area (Å²) in [6, 6.07) is 0.886. The van der Waals surface area contributed by atoms with Crippen molar-refractivity contribution in [1.29, 1.82) is 0 Å². The van der Waals surface area contributed by atoms with Gasteiger partial charge in [-0.25, -0.2) is 23.4 Å². The topological polar surface area (TPSA) is 92.1 Å². The maximum atomic E-state index is 14.6. The molecule has 0 spiro atoms. The average molecular weight is 588 g/mol. The summed E-state index contributed by atoms with van der Waals surface area (Å²) in [5.41, 5.74) is -8.02. The highest BCUT2D eigenvalue weighted by Gasteiger charge is 2.39. The summed E-state index contributed by atoms with van der Waals surface area (Å²) in [5.74, 6) is 1.96. The van der Waals surface area contributed by atoms with Gasteiger partial charge in [-0.1, -0.05) is 46.4 Å². The number of pyridine rings is 1. The zero-order chi connectivity index (χ0) is 26.6. The number of hydrogen-bond acceptors (Lipinski definition) is 5. The molecular formula is C17H5Cl4F7N4O3. The minimum absolute atomic E-state index is 0.0804. The van der Waals surface area contributed by atoms with Crippen LogP contribution in [0.15, 0.2) is 27.8 Å². The van der Waals surface area contributed by atoms with Crippen molar-refractivity contribution in [3.8, 4) is 17.3 Å². The Labute approximate surface area is 207 Å². The fraction of sp³-hybridized carbons (Fsp3) is 0.118. The number of ether oxygens (including phenoxy) is 1. The number of rotatable bonds is 3. The van der Waals surface area contributed by atoms with Crippen LogP contribution in [0.5, 0.6) is 11.6 Å². The van der Waals surface area contributed by atoms with E-state index >= 15 is 0 Å². The van der Waals surface area contributed by atoms with Gasteiger partial charge in [0.1, 0.15) is 16.6 Å². The molecule has 1 aromatic carbocycles. The Balaban J connectivity index is 2.23. The largest absolute Gasteiger partial charge is 0.436 e. The predicted octanol–water partition coefficient (Wildman–Crippen LogP) is 5.69. The van der Waals surface area contributed by atoms with E-state index in [0.29, 0.717) is 12.1 Å². The minimum Gasteiger partial charge on any atom is -0.436 e. The van der Waals surface area contributed by atoms with Crippen LogP contribution in [0.25, 0.3) is 5.69 Å². The Bertz CT molecular complexity index is 1470. The van der Waals surface area contributed by atoms with E-state index in [2.05, 4.69) is 4.98 Å². The van der Waals surface area contributed by atoms with Gasteiger partial charge in [0, 0.05) is 12.1 Å². The SMILES string of the molecule is Nn1c(C(F)(F)F)cc(=O)n(-c2cc(Oc3nc(C(F)(F)F)c(Cl)c(Cl)c3Cl)c(Cl)cc2F)c1=O. The van der Waals surface area contributed by atoms with E-state index in [-0.39, 0.29) is 10.6 Å². The summed E-state index contributed by atoms with van der Waals surface area (Å²) >= 11 is 22.9. The van der Waals surface area contributed by atoms with Crippen molar-refractivity contribution >= 4 is 46.4 Å². The van der Waals surface area contributed by atoms with Crippen LogP contribution in [-0.4, -0.2) is 14.2 Å². The van der Waals surface area contributed by atoms with Gasteiger partial charge in [-0.2, -0.15) is 26.3 Å². The first kappa shape index (κ1) is 26.9. The number of halogens is 11. The van der Waals surface area contributed by atoms with Crippen molar-refractivity contribution in [1.82, 2.24) is 14.2 Å². The molecule has 0 radical (unpaired) electrons. The molecule has 0 saturated carbocycles. The van der Waals surface area contributed by atoms with Gasteiger partial charge in [-0.3, -0.25) is 4.79 Å². The quantitative estimate of drug-likeness (QED) is 0.314. The molecule has 35 heavy (non-hydrogen) atoms. The van der Waals surface area contributed by atoms with E-state index in [0.717, 1.165) is 0 Å². The van der Waals surface area contributed by atoms with Crippen LogP contribution in [0.4, 0.5) is 30.7 Å². The Morgan fingerprint density at radius 1 is 0.886 bits per heavy atom. The normalized spacial score (nSPS) is 12.2. The van der Waals surface area contributed by atoms with Crippen LogP contribution in [0.2, 0.25) is 20.1 Å². The molecule has 3 aromatic rings. The molecule has 0 saturated heterocycles. The molecule has 0 amide bonds. The number of nitrogens with two attached hydrogens (primary N) is 1. The Kier molecular flexibility index (Phi) is 6.98. The third kappa shape index (κ3) is 5.01. The average Bonchev–Trinajstić information content (AvgIpc) is 2.72. The van der Waals surface area contributed by atoms with Gasteiger partial charge in [-0.05, 0) is 6.07 Å². The zero-order valence-electron chi connectivity index (χ0n) is 16.0. The van der Waals surface area contributed by atoms with Gasteiger partial charge < -0.3 is 10.6 Å². The van der Waals surface area contributed by atoms with Gasteiger partial charge in [-0.15, -0.1) is 0 Å². The van der Waals surface area contributed by atoms with Crippen molar-refractivity contribution < 1.29 is 35.5 Å². The Morgan fingerprint density at radius 3 is 2.03 bits per heavy atom. The Morgan fingerprint density at radius 2 is 1.49 bits per heavy atom. The van der Waals surface area contributed by atoms with Crippen molar-refractivity contribution in [2.24, 2.45) is 0 Å². The van der Waals surface area contributed by atoms with E-state index < -0.39 is 82.9 Å². The standard InChI is InChI=1S/C17H5Cl4F7N4O3/c18-4-1-5(22)6(31-9(33)3-8(16(23,24)25)32(29)15(31)34)2-7(4)35-14-12(21)10(19)11(20)13(30-14)17(26,27)28/h1-3H,29H2. The van der Waals surface area contributed by atoms with Gasteiger partial charge in [0.25, 0.3) is 5.56 Å². The van der Waals surface area contributed by atoms with Gasteiger partial charge in [0.2, 0.25) is 5.88 Å². The molecule has 0 aliphatic carbocycles. The first-order valence-electron chi connectivity index (χ1n) is 8.45. The fourth-order valence-corrected chi connectivity index (χ4v) is 3.44. The first-order valence-corrected chi connectivity index (χ1v) is 9.96. The molecule has 0 bridgehead atoms. The second-order valence-electron chi connectivity index (χ2n) is 6.39. The fourth-order valence-electron chi connectivity index (χ4n) is 2.62. The summed E-state index contributed by atoms with van der Waals surface area (Å²) in [6.07, 6.45) is -10.3. The number of nitrogen functional groups attached to an aromatic ring is 1. The summed E-state index contributed by atoms with van der Waals surface area (Å²) in [7, 11) is 0. The minimum atomic E-state index is -5.20. The van der Waals surface area contributed by atoms with Gasteiger partial charge >= 0.3 is 18.0 Å². The van der Waals surface area contributed by atoms with Crippen LogP contribution in [0, 0.1) is 5.82 Å². The summed E-state index contributed by atoms with van der Waals surface area (Å²) in [4.78, 5) is 27.7. The highest BCUT2D eigenvalue weighted by atomic mass is 35.5. The molecule has 0 unspecified atom stereocenters. The van der Waals surface area contributed by atoms with E-state index in [1.807, 2.05) is 0 Å². The molecule has 2 heterocycles. The molecule has 188 valence electrons. The number of benzene rings is 1. The molecular weight excluding hydrogens is 583 g/mol. The third-order valence-electron chi connectivity index (χ3n) is 4.14. The van der Waals surface area contributed by atoms with Crippen molar-refractivity contribution in [3.63, 3.8) is 0 Å². The second kappa shape index (κ2) is 9.08. The molecule has 0 fully saturated rings. The van der Waals surface area contributed by atoms with Crippen LogP contribution in [-0.2, 0) is 12.4 Å². The number of hydrogen-bond donors (Lipinski definition) is 1. The summed E-state index contributed by atoms with van der Waals surface area (Å²) < 4.78 is 97.6. The van der Waals surface area contributed by atoms with Crippen LogP contribution in [0.3, 0.4) is 0 Å². The van der Waals surface area contributed by atoms with Gasteiger partial charge in [0.05, 0.1) is 20.8 Å². The molecule has 2 N–H and O–H groups in total. The molecule has 3 rings (SSSR count). The first-order chi connectivity index (χ1) is 15.9. The molecule has 18 heteroatoms. The molecule has 7 nitrogen and oxygen atoms in total. The summed E-state index contributed by atoms with van der Waals surface area (Å²) in [6.45, 7) is 0. The van der Waals surface area contributed by atoms with E-state index in [9.17, 15) is 40.3 Å². The van der Waals surface area contributed by atoms with E-state index in [4.69, 9.17) is 57.0 Å². The maximum Gasteiger partial charge on any atom is 0.435 e. The lowest BCUT2D eigenvalue weighted by Gasteiger charge is -2.16. The predicted molar refractivity (Wildman–Crippen MR) is 111 cm³/mol. The second-order valence-corrected chi connectivity index (χ2v) is 7.94. The third-order valence-corrected chi connectivity index (χ3v) is 5.73. The van der Waals surface area contributed by atoms with Crippen molar-refractivity contribution in [2.45, 2.75) is 12.4 Å². The van der Waals surface area contributed by atoms with Gasteiger partial charge in [0.15, 0.2) is 11.4 Å². The zero-order valence-corrected chi connectivity index (χ0v) is 19.1. The maximum absolute atomic E-state index is 14.6. The lowest BCUT2D eigenvalue weighted by atomic mass is 10.2. The lowest BCUT2D eigenvalue weighted by molar-refractivity contribution is -0.143. The summed E-state index contributed by atoms with van der Waals surface area (Å²) in [5, 5.41) is -3.21. The molecule has 0 atom stereocenters. The number of alkyl halides is 6. The molecule has 2 aromatic heterocycles. The lowest BCUT2D eigenvalue weighted by Crippen LogP contribution is -2.45. The smallest absolute Gasteiger partial charge is 0.435 e. The monoisotopic (exact) mass is 586 g/mol. The van der Waals surface area contributed by atoms with E-state index in [1.54, 1.807) is 0 Å². The highest BCUT2D eigenvalue weighted by Crippen LogP contribution is 2.45. The Hall–Kier alpha value is -2.68. The number of nitrogens with zero attached hydrogens (tertiary/aromatic N) is 3. The van der Waals surface area contributed by atoms with Crippen LogP contribution in [0.1, 0.15) is 11.4 Å². The number of aromatic nitrogens is 3. The van der Waals surface area contributed by atoms with Crippen molar-refractivity contribution in [3.05, 3.63) is 76.3 Å². The van der Waals surface area contributed by atoms with Crippen molar-refractivity contribution in [2.75, 3.05) is 5.84 Å². The van der Waals surface area contributed by atoms with Crippen LogP contribution >= 0.6 is 46.4 Å². The van der Waals surface area contributed by atoms with Crippen LogP contribution < -0.4 is 21.8 Å². The molecule has 0 aliphatic heterocycles. The van der Waals surface area contributed by atoms with E-state index in [1.165, 1.54) is 0 Å².